The van der Waals surface area contributed by atoms with Crippen molar-refractivity contribution in [2.45, 2.75) is 37.8 Å². The third-order valence-electron chi connectivity index (χ3n) is 6.63. The van der Waals surface area contributed by atoms with Crippen molar-refractivity contribution >= 4 is 11.8 Å². The van der Waals surface area contributed by atoms with E-state index in [-0.39, 0.29) is 23.7 Å². The lowest BCUT2D eigenvalue weighted by Gasteiger charge is -2.40. The Kier molecular flexibility index (Phi) is 7.32. The molecule has 0 spiro atoms. The summed E-state index contributed by atoms with van der Waals surface area (Å²) >= 11 is 0. The van der Waals surface area contributed by atoms with Crippen molar-refractivity contribution in [2.24, 2.45) is 0 Å². The van der Waals surface area contributed by atoms with Crippen LogP contribution in [0.3, 0.4) is 0 Å². The molecule has 34 heavy (non-hydrogen) atoms. The van der Waals surface area contributed by atoms with E-state index in [1.54, 1.807) is 37.4 Å². The number of ether oxygens (including phenoxy) is 1. The van der Waals surface area contributed by atoms with Crippen LogP contribution in [-0.2, 0) is 4.79 Å². The Bertz CT molecular complexity index is 1050. The fourth-order valence-electron chi connectivity index (χ4n) is 4.55. The minimum Gasteiger partial charge on any atom is -0.484 e. The first-order chi connectivity index (χ1) is 16.4. The molecule has 1 unspecified atom stereocenters. The highest BCUT2D eigenvalue weighted by molar-refractivity contribution is 5.94. The molecule has 0 aromatic heterocycles. The predicted octanol–water partition coefficient (Wildman–Crippen LogP) is 3.90. The van der Waals surface area contributed by atoms with E-state index in [0.29, 0.717) is 43.4 Å². The number of carbonyl (C=O) groups excluding carboxylic acids is 2. The number of hydrogen-bond donors (Lipinski definition) is 1. The first kappa shape index (κ1) is 24.0. The highest BCUT2D eigenvalue weighted by Gasteiger charge is 2.30. The molecule has 2 aromatic rings. The van der Waals surface area contributed by atoms with Gasteiger partial charge in [-0.05, 0) is 73.2 Å². The summed E-state index contributed by atoms with van der Waals surface area (Å²) in [5, 5.41) is 2.60. The number of piperazine rings is 1. The van der Waals surface area contributed by atoms with E-state index in [2.05, 4.69) is 16.8 Å². The number of rotatable bonds is 8. The average molecular weight is 466 g/mol. The highest BCUT2D eigenvalue weighted by atomic mass is 19.1. The maximum atomic E-state index is 14.9. The lowest BCUT2D eigenvalue weighted by Crippen LogP contribution is -2.54. The summed E-state index contributed by atoms with van der Waals surface area (Å²) in [5.74, 6) is 0.536. The number of nitrogens with one attached hydrogen (secondary N) is 1. The van der Waals surface area contributed by atoms with Crippen molar-refractivity contribution in [3.8, 4) is 5.75 Å². The van der Waals surface area contributed by atoms with E-state index >= 15 is 0 Å². The van der Waals surface area contributed by atoms with E-state index < -0.39 is 6.10 Å². The van der Waals surface area contributed by atoms with Crippen LogP contribution in [0.15, 0.2) is 55.1 Å². The quantitative estimate of drug-likeness (QED) is 0.601. The van der Waals surface area contributed by atoms with Gasteiger partial charge >= 0.3 is 0 Å². The first-order valence-electron chi connectivity index (χ1n) is 11.8. The lowest BCUT2D eigenvalue weighted by atomic mass is 10.0. The second kappa shape index (κ2) is 10.4. The smallest absolute Gasteiger partial charge is 0.251 e. The lowest BCUT2D eigenvalue weighted by molar-refractivity contribution is -0.130. The maximum absolute atomic E-state index is 14.9. The number of halogens is 1. The fraction of sp³-hybridized carbons (Fsp3) is 0.407. The minimum atomic E-state index is -0.400. The van der Waals surface area contributed by atoms with Crippen molar-refractivity contribution in [1.29, 1.82) is 0 Å². The van der Waals surface area contributed by atoms with E-state index in [0.717, 1.165) is 24.0 Å². The number of amides is 2. The molecule has 2 aromatic carbocycles. The van der Waals surface area contributed by atoms with Crippen molar-refractivity contribution in [2.75, 3.05) is 33.2 Å². The molecule has 1 N–H and O–H groups in total. The molecule has 1 aliphatic carbocycles. The van der Waals surface area contributed by atoms with Crippen LogP contribution in [0.25, 0.3) is 0 Å². The van der Waals surface area contributed by atoms with Gasteiger partial charge in [0.25, 0.3) is 5.91 Å². The van der Waals surface area contributed by atoms with Crippen LogP contribution in [0.5, 0.6) is 5.75 Å². The molecule has 7 heteroatoms. The Balaban J connectivity index is 1.53. The standard InChI is InChI=1S/C27H32FN3O3/c1-4-26(32)31-14-13-30(16-18(31)2)17-25(21-9-12-23(19-5-6-19)24(28)15-21)34-22-10-7-20(8-11-22)27(33)29-3/h4,7-12,15,18-19,25H,1,5-6,13-14,16-17H2,2-3H3,(H,29,33)/t18-,25?/m1/s1. The average Bonchev–Trinajstić information content (AvgIpc) is 3.68. The van der Waals surface area contributed by atoms with Gasteiger partial charge in [-0.15, -0.1) is 0 Å². The Morgan fingerprint density at radius 3 is 2.53 bits per heavy atom. The molecule has 1 saturated carbocycles. The fourth-order valence-corrected chi connectivity index (χ4v) is 4.55. The van der Waals surface area contributed by atoms with Gasteiger partial charge in [0.2, 0.25) is 5.91 Å². The summed E-state index contributed by atoms with van der Waals surface area (Å²) in [7, 11) is 1.59. The van der Waals surface area contributed by atoms with Crippen molar-refractivity contribution in [1.82, 2.24) is 15.1 Å². The molecule has 6 nitrogen and oxygen atoms in total. The molecule has 2 atom stereocenters. The Morgan fingerprint density at radius 1 is 1.21 bits per heavy atom. The molecule has 1 saturated heterocycles. The number of benzene rings is 2. The molecule has 2 fully saturated rings. The second-order valence-corrected chi connectivity index (χ2v) is 9.11. The van der Waals surface area contributed by atoms with Crippen molar-refractivity contribution in [3.05, 3.63) is 77.6 Å². The van der Waals surface area contributed by atoms with Crippen LogP contribution in [0.4, 0.5) is 4.39 Å². The van der Waals surface area contributed by atoms with Gasteiger partial charge in [0.05, 0.1) is 0 Å². The molecular formula is C27H32FN3O3. The van der Waals surface area contributed by atoms with Gasteiger partial charge in [-0.25, -0.2) is 4.39 Å². The molecular weight excluding hydrogens is 433 g/mol. The zero-order chi connectivity index (χ0) is 24.2. The van der Waals surface area contributed by atoms with Crippen molar-refractivity contribution in [3.63, 3.8) is 0 Å². The van der Waals surface area contributed by atoms with Crippen molar-refractivity contribution < 1.29 is 18.7 Å². The summed E-state index contributed by atoms with van der Waals surface area (Å²) < 4.78 is 21.2. The van der Waals surface area contributed by atoms with Crippen LogP contribution >= 0.6 is 0 Å². The Labute approximate surface area is 200 Å². The van der Waals surface area contributed by atoms with Gasteiger partial charge in [0.1, 0.15) is 17.7 Å². The summed E-state index contributed by atoms with van der Waals surface area (Å²) in [6, 6.07) is 12.4. The molecule has 2 amide bonds. The van der Waals surface area contributed by atoms with Crippen LogP contribution in [0.2, 0.25) is 0 Å². The zero-order valence-corrected chi connectivity index (χ0v) is 19.8. The van der Waals surface area contributed by atoms with Crippen LogP contribution < -0.4 is 10.1 Å². The molecule has 2 aliphatic rings. The predicted molar refractivity (Wildman–Crippen MR) is 129 cm³/mol. The monoisotopic (exact) mass is 465 g/mol. The zero-order valence-electron chi connectivity index (χ0n) is 19.8. The van der Waals surface area contributed by atoms with Gasteiger partial charge in [-0.3, -0.25) is 14.5 Å². The van der Waals surface area contributed by atoms with Gasteiger partial charge in [0.15, 0.2) is 0 Å². The number of hydrogen-bond acceptors (Lipinski definition) is 4. The molecule has 0 radical (unpaired) electrons. The van der Waals surface area contributed by atoms with Gasteiger partial charge in [-0.2, -0.15) is 0 Å². The van der Waals surface area contributed by atoms with E-state index in [9.17, 15) is 14.0 Å². The van der Waals surface area contributed by atoms with Gasteiger partial charge in [-0.1, -0.05) is 18.7 Å². The third kappa shape index (κ3) is 5.47. The van der Waals surface area contributed by atoms with E-state index in [1.165, 1.54) is 6.08 Å². The molecule has 4 rings (SSSR count). The summed E-state index contributed by atoms with van der Waals surface area (Å²) in [6.45, 7) is 8.16. The Morgan fingerprint density at radius 2 is 1.94 bits per heavy atom. The SMILES string of the molecule is C=CC(=O)N1CCN(CC(Oc2ccc(C(=O)NC)cc2)c2ccc(C3CC3)c(F)c2)C[C@H]1C. The van der Waals surface area contributed by atoms with E-state index in [4.69, 9.17) is 4.74 Å². The molecule has 180 valence electrons. The third-order valence-corrected chi connectivity index (χ3v) is 6.63. The second-order valence-electron chi connectivity index (χ2n) is 9.11. The summed E-state index contributed by atoms with van der Waals surface area (Å²) in [6.07, 6.45) is 3.03. The maximum Gasteiger partial charge on any atom is 0.251 e. The Hall–Kier alpha value is -3.19. The molecule has 1 heterocycles. The van der Waals surface area contributed by atoms with Gasteiger partial charge in [0, 0.05) is 44.8 Å². The van der Waals surface area contributed by atoms with Crippen LogP contribution in [0.1, 0.15) is 53.3 Å². The van der Waals surface area contributed by atoms with Gasteiger partial charge < -0.3 is 15.0 Å². The van der Waals surface area contributed by atoms with Crippen LogP contribution in [0, 0.1) is 5.82 Å². The summed E-state index contributed by atoms with van der Waals surface area (Å²) in [5.41, 5.74) is 2.10. The number of carbonyl (C=O) groups is 2. The normalized spacial score (nSPS) is 19.4. The minimum absolute atomic E-state index is 0.0423. The highest BCUT2D eigenvalue weighted by Crippen LogP contribution is 2.41. The van der Waals surface area contributed by atoms with Crippen LogP contribution in [-0.4, -0.2) is 60.9 Å². The topological polar surface area (TPSA) is 61.9 Å². The number of nitrogens with zero attached hydrogens (tertiary/aromatic N) is 2. The van der Waals surface area contributed by atoms with E-state index in [1.807, 2.05) is 24.0 Å². The molecule has 1 aliphatic heterocycles. The molecule has 0 bridgehead atoms. The summed E-state index contributed by atoms with van der Waals surface area (Å²) in [4.78, 5) is 28.0. The first-order valence-corrected chi connectivity index (χ1v) is 11.8. The largest absolute Gasteiger partial charge is 0.484 e.